The molecule has 0 aliphatic heterocycles. The first kappa shape index (κ1) is 11.2. The van der Waals surface area contributed by atoms with Crippen LogP contribution in [0.4, 0.5) is 0 Å². The summed E-state index contributed by atoms with van der Waals surface area (Å²) in [5, 5.41) is 21.9. The number of para-hydroxylation sites is 1. The molecule has 1 aromatic heterocycles. The van der Waals surface area contributed by atoms with Gasteiger partial charge in [-0.3, -0.25) is 4.79 Å². The number of fused-ring (bicyclic) bond motifs is 1. The Morgan fingerprint density at radius 3 is 2.76 bits per heavy atom. The van der Waals surface area contributed by atoms with Gasteiger partial charge in [0.1, 0.15) is 11.3 Å². The van der Waals surface area contributed by atoms with Crippen LogP contribution in [-0.4, -0.2) is 21.1 Å². The van der Waals surface area contributed by atoms with Crippen molar-refractivity contribution in [3.8, 4) is 5.75 Å². The van der Waals surface area contributed by atoms with Crippen molar-refractivity contribution < 1.29 is 10.3 Å². The average molecular weight is 232 g/mol. The molecule has 2 rings (SSSR count). The SMILES string of the molecule is CCn1c(=O)c(C=NO)c(O)c2ccccc21. The molecule has 17 heavy (non-hydrogen) atoms. The Morgan fingerprint density at radius 1 is 1.41 bits per heavy atom. The third-order valence-electron chi connectivity index (χ3n) is 2.68. The van der Waals surface area contributed by atoms with Crippen LogP contribution in [0.3, 0.4) is 0 Å². The summed E-state index contributed by atoms with van der Waals surface area (Å²) in [4.78, 5) is 12.0. The highest BCUT2D eigenvalue weighted by Crippen LogP contribution is 2.24. The quantitative estimate of drug-likeness (QED) is 0.468. The van der Waals surface area contributed by atoms with Crippen molar-refractivity contribution in [3.05, 3.63) is 40.2 Å². The monoisotopic (exact) mass is 232 g/mol. The summed E-state index contributed by atoms with van der Waals surface area (Å²) in [5.41, 5.74) is 0.280. The van der Waals surface area contributed by atoms with Crippen LogP contribution in [0.5, 0.6) is 5.75 Å². The van der Waals surface area contributed by atoms with Gasteiger partial charge in [-0.1, -0.05) is 17.3 Å². The lowest BCUT2D eigenvalue weighted by Gasteiger charge is -2.11. The average Bonchev–Trinajstić information content (AvgIpc) is 2.35. The van der Waals surface area contributed by atoms with E-state index >= 15 is 0 Å². The normalized spacial score (nSPS) is 11.4. The minimum atomic E-state index is -0.374. The van der Waals surface area contributed by atoms with E-state index < -0.39 is 0 Å². The molecule has 5 heteroatoms. The van der Waals surface area contributed by atoms with E-state index in [0.717, 1.165) is 6.21 Å². The van der Waals surface area contributed by atoms with Crippen LogP contribution in [0.15, 0.2) is 34.2 Å². The lowest BCUT2D eigenvalue weighted by Crippen LogP contribution is -2.23. The van der Waals surface area contributed by atoms with Crippen LogP contribution in [0, 0.1) is 0 Å². The molecule has 2 aromatic rings. The number of nitrogens with zero attached hydrogens (tertiary/aromatic N) is 2. The molecule has 5 nitrogen and oxygen atoms in total. The van der Waals surface area contributed by atoms with Crippen LogP contribution < -0.4 is 5.56 Å². The fraction of sp³-hybridized carbons (Fsp3) is 0.167. The summed E-state index contributed by atoms with van der Waals surface area (Å²) in [7, 11) is 0. The summed E-state index contributed by atoms with van der Waals surface area (Å²) in [5.74, 6) is -0.159. The van der Waals surface area contributed by atoms with Gasteiger partial charge in [0.25, 0.3) is 5.56 Å². The number of hydrogen-bond acceptors (Lipinski definition) is 4. The standard InChI is InChI=1S/C12H12N2O3/c1-2-14-10-6-4-3-5-8(10)11(15)9(7-13-17)12(14)16/h3-7,15,17H,2H2,1H3. The van der Waals surface area contributed by atoms with Gasteiger partial charge in [0.2, 0.25) is 0 Å². The number of pyridine rings is 1. The number of aromatic nitrogens is 1. The van der Waals surface area contributed by atoms with E-state index in [0.29, 0.717) is 17.4 Å². The predicted octanol–water partition coefficient (Wildman–Crippen LogP) is 1.54. The van der Waals surface area contributed by atoms with E-state index in [2.05, 4.69) is 5.16 Å². The summed E-state index contributed by atoms with van der Waals surface area (Å²) in [6.45, 7) is 2.32. The Kier molecular flexibility index (Phi) is 2.82. The van der Waals surface area contributed by atoms with Crippen LogP contribution in [0.1, 0.15) is 12.5 Å². The molecule has 88 valence electrons. The van der Waals surface area contributed by atoms with Gasteiger partial charge in [-0.2, -0.15) is 0 Å². The lowest BCUT2D eigenvalue weighted by molar-refractivity contribution is 0.321. The lowest BCUT2D eigenvalue weighted by atomic mass is 10.1. The fourth-order valence-corrected chi connectivity index (χ4v) is 1.90. The zero-order valence-electron chi connectivity index (χ0n) is 9.29. The van der Waals surface area contributed by atoms with Gasteiger partial charge < -0.3 is 14.9 Å². The van der Waals surface area contributed by atoms with Crippen LogP contribution in [-0.2, 0) is 6.54 Å². The molecule has 0 atom stereocenters. The van der Waals surface area contributed by atoms with Crippen molar-refractivity contribution in [1.82, 2.24) is 4.57 Å². The molecule has 1 heterocycles. The molecule has 1 aromatic carbocycles. The van der Waals surface area contributed by atoms with Crippen molar-refractivity contribution in [2.24, 2.45) is 5.16 Å². The van der Waals surface area contributed by atoms with E-state index in [1.165, 1.54) is 4.57 Å². The van der Waals surface area contributed by atoms with Gasteiger partial charge in [0, 0.05) is 11.9 Å². The first-order valence-corrected chi connectivity index (χ1v) is 5.22. The Labute approximate surface area is 97.2 Å². The Bertz CT molecular complexity index is 644. The maximum Gasteiger partial charge on any atom is 0.263 e. The van der Waals surface area contributed by atoms with E-state index in [1.807, 2.05) is 6.92 Å². The first-order chi connectivity index (χ1) is 8.20. The van der Waals surface area contributed by atoms with Gasteiger partial charge in [-0.25, -0.2) is 0 Å². The van der Waals surface area contributed by atoms with Gasteiger partial charge in [-0.15, -0.1) is 0 Å². The Hall–Kier alpha value is -2.30. The predicted molar refractivity (Wildman–Crippen MR) is 64.9 cm³/mol. The molecule has 0 amide bonds. The second-order valence-corrected chi connectivity index (χ2v) is 3.57. The number of hydrogen-bond donors (Lipinski definition) is 2. The van der Waals surface area contributed by atoms with Crippen molar-refractivity contribution in [3.63, 3.8) is 0 Å². The summed E-state index contributed by atoms with van der Waals surface area (Å²) < 4.78 is 1.52. The Morgan fingerprint density at radius 2 is 2.12 bits per heavy atom. The number of benzene rings is 1. The van der Waals surface area contributed by atoms with E-state index in [1.54, 1.807) is 24.3 Å². The molecule has 0 spiro atoms. The van der Waals surface area contributed by atoms with Crippen LogP contribution >= 0.6 is 0 Å². The summed E-state index contributed by atoms with van der Waals surface area (Å²) in [6, 6.07) is 7.05. The third-order valence-corrected chi connectivity index (χ3v) is 2.68. The number of oxime groups is 1. The molecule has 0 saturated heterocycles. The van der Waals surface area contributed by atoms with Crippen molar-refractivity contribution >= 4 is 17.1 Å². The number of aromatic hydroxyl groups is 1. The highest BCUT2D eigenvalue weighted by atomic mass is 16.4. The molecule has 2 N–H and O–H groups in total. The maximum absolute atomic E-state index is 12.0. The third kappa shape index (κ3) is 1.65. The molecule has 0 radical (unpaired) electrons. The van der Waals surface area contributed by atoms with E-state index in [4.69, 9.17) is 5.21 Å². The second kappa shape index (κ2) is 4.29. The molecule has 0 bridgehead atoms. The van der Waals surface area contributed by atoms with Gasteiger partial charge in [0.05, 0.1) is 11.7 Å². The highest BCUT2D eigenvalue weighted by Gasteiger charge is 2.13. The van der Waals surface area contributed by atoms with Crippen molar-refractivity contribution in [2.45, 2.75) is 13.5 Å². The number of rotatable bonds is 2. The molecule has 0 aliphatic rings. The highest BCUT2D eigenvalue weighted by molar-refractivity contribution is 5.94. The second-order valence-electron chi connectivity index (χ2n) is 3.57. The van der Waals surface area contributed by atoms with Crippen LogP contribution in [0.2, 0.25) is 0 Å². The summed E-state index contributed by atoms with van der Waals surface area (Å²) in [6.07, 6.45) is 0.955. The van der Waals surface area contributed by atoms with Gasteiger partial charge in [0.15, 0.2) is 0 Å². The smallest absolute Gasteiger partial charge is 0.263 e. The van der Waals surface area contributed by atoms with Crippen molar-refractivity contribution in [2.75, 3.05) is 0 Å². The topological polar surface area (TPSA) is 74.8 Å². The number of aryl methyl sites for hydroxylation is 1. The molecule has 0 fully saturated rings. The minimum absolute atomic E-state index is 0.00644. The van der Waals surface area contributed by atoms with Gasteiger partial charge >= 0.3 is 0 Å². The van der Waals surface area contributed by atoms with E-state index in [9.17, 15) is 9.90 Å². The summed E-state index contributed by atoms with van der Waals surface area (Å²) >= 11 is 0. The van der Waals surface area contributed by atoms with Crippen LogP contribution in [0.25, 0.3) is 10.9 Å². The zero-order valence-corrected chi connectivity index (χ0v) is 9.29. The maximum atomic E-state index is 12.0. The Balaban J connectivity index is 2.99. The van der Waals surface area contributed by atoms with E-state index in [-0.39, 0.29) is 16.9 Å². The zero-order chi connectivity index (χ0) is 12.4. The minimum Gasteiger partial charge on any atom is -0.506 e. The molecule has 0 saturated carbocycles. The van der Waals surface area contributed by atoms with Gasteiger partial charge in [-0.05, 0) is 19.1 Å². The molecule has 0 unspecified atom stereocenters. The fourth-order valence-electron chi connectivity index (χ4n) is 1.90. The molecular weight excluding hydrogens is 220 g/mol. The molecular formula is C12H12N2O3. The largest absolute Gasteiger partial charge is 0.506 e. The van der Waals surface area contributed by atoms with Crippen molar-refractivity contribution in [1.29, 1.82) is 0 Å². The molecule has 0 aliphatic carbocycles. The first-order valence-electron chi connectivity index (χ1n) is 5.22.